The number of halogens is 3. The highest BCUT2D eigenvalue weighted by Crippen LogP contribution is 2.64. The second kappa shape index (κ2) is 7.47. The van der Waals surface area contributed by atoms with Crippen molar-refractivity contribution >= 4 is 21.8 Å². The maximum Gasteiger partial charge on any atom is 0.387 e. The van der Waals surface area contributed by atoms with E-state index in [9.17, 15) is 13.6 Å². The third kappa shape index (κ3) is 3.87. The number of hydrogen-bond acceptors (Lipinski definition) is 3. The highest BCUT2D eigenvalue weighted by molar-refractivity contribution is 9.10. The minimum atomic E-state index is -2.91. The van der Waals surface area contributed by atoms with E-state index in [0.717, 1.165) is 24.8 Å². The van der Waals surface area contributed by atoms with Crippen molar-refractivity contribution in [1.82, 2.24) is 5.32 Å². The quantitative estimate of drug-likeness (QED) is 0.604. The van der Waals surface area contributed by atoms with Gasteiger partial charge in [0.1, 0.15) is 0 Å². The van der Waals surface area contributed by atoms with Gasteiger partial charge < -0.3 is 14.8 Å². The highest BCUT2D eigenvalue weighted by Gasteiger charge is 2.59. The minimum Gasteiger partial charge on any atom is -0.493 e. The zero-order chi connectivity index (χ0) is 19.9. The minimum absolute atomic E-state index is 0.0173. The molecule has 0 aliphatic heterocycles. The Morgan fingerprint density at radius 1 is 1.25 bits per heavy atom. The number of rotatable bonds is 7. The van der Waals surface area contributed by atoms with E-state index < -0.39 is 6.61 Å². The molecule has 1 amide bonds. The molecule has 7 heteroatoms. The second-order valence-electron chi connectivity index (χ2n) is 8.76. The van der Waals surface area contributed by atoms with Crippen LogP contribution in [0.15, 0.2) is 18.2 Å². The van der Waals surface area contributed by atoms with Crippen LogP contribution < -0.4 is 14.8 Å². The lowest BCUT2D eigenvalue weighted by Crippen LogP contribution is -2.58. The van der Waals surface area contributed by atoms with Crippen molar-refractivity contribution in [2.75, 3.05) is 13.7 Å². The van der Waals surface area contributed by atoms with Gasteiger partial charge >= 0.3 is 6.61 Å². The number of carbonyl (C=O) groups is 1. The lowest BCUT2D eigenvalue weighted by Gasteiger charge is -2.59. The number of carbonyl (C=O) groups excluding carboxylic acids is 1. The van der Waals surface area contributed by atoms with E-state index in [4.69, 9.17) is 4.74 Å². The molecular weight excluding hydrogens is 432 g/mol. The number of amides is 1. The Bertz CT molecular complexity index is 743. The molecule has 28 heavy (non-hydrogen) atoms. The van der Waals surface area contributed by atoms with E-state index in [1.165, 1.54) is 26.4 Å². The number of benzene rings is 1. The average molecular weight is 458 g/mol. The molecule has 4 aliphatic carbocycles. The molecule has 5 rings (SSSR count). The first-order valence-electron chi connectivity index (χ1n) is 9.90. The molecule has 2 unspecified atom stereocenters. The number of hydrogen-bond donors (Lipinski definition) is 1. The summed E-state index contributed by atoms with van der Waals surface area (Å²) in [7, 11) is 1.41. The standard InChI is InChI=1S/C21H26BrF2NO3/c1-27-16-3-2-13(7-17(16)28-19(23)24)4-5-25-18(26)20-8-14-6-15(9-20)11-21(22,10-14)12-20/h2-3,7,14-15,19H,4-6,8-12H2,1H3,(H,25,26). The van der Waals surface area contributed by atoms with E-state index in [1.807, 2.05) is 6.07 Å². The van der Waals surface area contributed by atoms with Gasteiger partial charge in [0.05, 0.1) is 12.5 Å². The van der Waals surface area contributed by atoms with Gasteiger partial charge in [-0.1, -0.05) is 22.0 Å². The first-order valence-corrected chi connectivity index (χ1v) is 10.7. The largest absolute Gasteiger partial charge is 0.493 e. The smallest absolute Gasteiger partial charge is 0.387 e. The van der Waals surface area contributed by atoms with Gasteiger partial charge in [-0.05, 0) is 74.5 Å². The van der Waals surface area contributed by atoms with Crippen LogP contribution in [0.5, 0.6) is 11.5 Å². The Morgan fingerprint density at radius 3 is 2.57 bits per heavy atom. The van der Waals surface area contributed by atoms with Crippen LogP contribution in [0.25, 0.3) is 0 Å². The SMILES string of the molecule is COc1ccc(CCNC(=O)C23CC4CC(CC(Br)(C4)C2)C3)cc1OC(F)F. The van der Waals surface area contributed by atoms with E-state index in [1.54, 1.807) is 12.1 Å². The van der Waals surface area contributed by atoms with E-state index in [0.29, 0.717) is 24.8 Å². The molecule has 0 heterocycles. The van der Waals surface area contributed by atoms with Gasteiger partial charge in [-0.25, -0.2) is 0 Å². The predicted molar refractivity (Wildman–Crippen MR) is 105 cm³/mol. The summed E-state index contributed by atoms with van der Waals surface area (Å²) < 4.78 is 34.9. The Kier molecular flexibility index (Phi) is 5.31. The first-order chi connectivity index (χ1) is 13.3. The van der Waals surface area contributed by atoms with Crippen LogP contribution in [0.2, 0.25) is 0 Å². The Balaban J connectivity index is 1.37. The number of nitrogens with one attached hydrogen (secondary N) is 1. The molecule has 1 N–H and O–H groups in total. The number of methoxy groups -OCH3 is 1. The average Bonchev–Trinajstić information content (AvgIpc) is 2.59. The molecular formula is C21H26BrF2NO3. The maximum atomic E-state index is 13.1. The monoisotopic (exact) mass is 457 g/mol. The summed E-state index contributed by atoms with van der Waals surface area (Å²) in [6.45, 7) is -2.43. The van der Waals surface area contributed by atoms with Gasteiger partial charge in [-0.2, -0.15) is 8.78 Å². The van der Waals surface area contributed by atoms with Gasteiger partial charge in [0, 0.05) is 10.9 Å². The second-order valence-corrected chi connectivity index (χ2v) is 10.4. The van der Waals surface area contributed by atoms with Crippen molar-refractivity contribution in [1.29, 1.82) is 0 Å². The third-order valence-corrected chi connectivity index (χ3v) is 7.54. The zero-order valence-corrected chi connectivity index (χ0v) is 17.6. The molecule has 1 aromatic carbocycles. The van der Waals surface area contributed by atoms with Gasteiger partial charge in [0.25, 0.3) is 0 Å². The number of alkyl halides is 3. The van der Waals surface area contributed by atoms with Gasteiger partial charge in [-0.3, -0.25) is 4.79 Å². The van der Waals surface area contributed by atoms with E-state index in [2.05, 4.69) is 26.0 Å². The molecule has 4 bridgehead atoms. The third-order valence-electron chi connectivity index (χ3n) is 6.61. The fraction of sp³-hybridized carbons (Fsp3) is 0.667. The predicted octanol–water partition coefficient (Wildman–Crippen LogP) is 4.69. The van der Waals surface area contributed by atoms with E-state index in [-0.39, 0.29) is 27.1 Å². The summed E-state index contributed by atoms with van der Waals surface area (Å²) in [5.74, 6) is 1.75. The molecule has 4 nitrogen and oxygen atoms in total. The van der Waals surface area contributed by atoms with Gasteiger partial charge in [-0.15, -0.1) is 0 Å². The fourth-order valence-electron chi connectivity index (χ4n) is 5.99. The van der Waals surface area contributed by atoms with Crippen molar-refractivity contribution in [3.8, 4) is 11.5 Å². The van der Waals surface area contributed by atoms with Crippen LogP contribution in [0.3, 0.4) is 0 Å². The van der Waals surface area contributed by atoms with Gasteiger partial charge in [0.2, 0.25) is 5.91 Å². The van der Waals surface area contributed by atoms with Gasteiger partial charge in [0.15, 0.2) is 11.5 Å². The fourth-order valence-corrected chi connectivity index (χ4v) is 7.44. The van der Waals surface area contributed by atoms with Crippen LogP contribution >= 0.6 is 15.9 Å². The molecule has 4 saturated carbocycles. The summed E-state index contributed by atoms with van der Waals surface area (Å²) in [5, 5.41) is 3.11. The molecule has 0 saturated heterocycles. The van der Waals surface area contributed by atoms with Crippen LogP contribution in [0.4, 0.5) is 8.78 Å². The molecule has 2 atom stereocenters. The van der Waals surface area contributed by atoms with Crippen molar-refractivity contribution in [3.63, 3.8) is 0 Å². The Morgan fingerprint density at radius 2 is 1.96 bits per heavy atom. The topological polar surface area (TPSA) is 47.6 Å². The molecule has 4 aliphatic rings. The summed E-state index contributed by atoms with van der Waals surface area (Å²) in [5.41, 5.74) is 0.580. The lowest BCUT2D eigenvalue weighted by atomic mass is 9.49. The normalized spacial score (nSPS) is 33.2. The van der Waals surface area contributed by atoms with Crippen LogP contribution in [0, 0.1) is 17.3 Å². The molecule has 154 valence electrons. The molecule has 0 aromatic heterocycles. The van der Waals surface area contributed by atoms with Crippen LogP contribution in [0.1, 0.15) is 44.1 Å². The van der Waals surface area contributed by atoms with Crippen LogP contribution in [-0.4, -0.2) is 30.5 Å². The van der Waals surface area contributed by atoms with Crippen molar-refractivity contribution in [2.24, 2.45) is 17.3 Å². The van der Waals surface area contributed by atoms with Crippen molar-refractivity contribution < 1.29 is 23.0 Å². The summed E-state index contributed by atoms with van der Waals surface area (Å²) in [6.07, 6.45) is 7.12. The number of ether oxygens (including phenoxy) is 2. The van der Waals surface area contributed by atoms with Crippen molar-refractivity contribution in [2.45, 2.75) is 55.9 Å². The molecule has 0 radical (unpaired) electrons. The Labute approximate surface area is 172 Å². The van der Waals surface area contributed by atoms with Crippen molar-refractivity contribution in [3.05, 3.63) is 23.8 Å². The summed E-state index contributed by atoms with van der Waals surface area (Å²) in [4.78, 5) is 13.1. The zero-order valence-electron chi connectivity index (χ0n) is 16.0. The molecule has 4 fully saturated rings. The molecule has 1 aromatic rings. The highest BCUT2D eigenvalue weighted by atomic mass is 79.9. The van der Waals surface area contributed by atoms with E-state index >= 15 is 0 Å². The molecule has 0 spiro atoms. The maximum absolute atomic E-state index is 13.1. The first kappa shape index (κ1) is 19.9. The summed E-state index contributed by atoms with van der Waals surface area (Å²) >= 11 is 3.94. The lowest BCUT2D eigenvalue weighted by molar-refractivity contribution is -0.144. The Hall–Kier alpha value is -1.37. The summed E-state index contributed by atoms with van der Waals surface area (Å²) in [6, 6.07) is 4.97. The van der Waals surface area contributed by atoms with Crippen LogP contribution in [-0.2, 0) is 11.2 Å².